The summed E-state index contributed by atoms with van der Waals surface area (Å²) in [4.78, 5) is 17.4. The first-order chi connectivity index (χ1) is 27.8. The van der Waals surface area contributed by atoms with Crippen LogP contribution in [0.25, 0.3) is 83.6 Å². The lowest BCUT2D eigenvalue weighted by Crippen LogP contribution is -2.56. The van der Waals surface area contributed by atoms with E-state index in [1.54, 1.807) is 0 Å². The third-order valence-corrected chi connectivity index (χ3v) is 10.8. The molecule has 0 amide bonds. The predicted molar refractivity (Wildman–Crippen MR) is 239 cm³/mol. The van der Waals surface area contributed by atoms with Gasteiger partial charge in [0.2, 0.25) is 5.95 Å². The summed E-state index contributed by atoms with van der Waals surface area (Å²) >= 11 is 0. The average molecular weight is 719 g/mol. The van der Waals surface area contributed by atoms with E-state index >= 15 is 0 Å². The molecule has 3 heterocycles. The molecule has 0 spiro atoms. The summed E-state index contributed by atoms with van der Waals surface area (Å²) < 4.78 is 8.37. The van der Waals surface area contributed by atoms with Gasteiger partial charge in [-0.05, 0) is 42.0 Å². The molecule has 57 heavy (non-hydrogen) atoms. The molecule has 7 aromatic carbocycles. The number of hydrogen-bond acceptors (Lipinski definition) is 5. The number of benzene rings is 7. The van der Waals surface area contributed by atoms with Crippen molar-refractivity contribution >= 4 is 122 Å². The van der Waals surface area contributed by atoms with Crippen LogP contribution in [0, 0.1) is 0 Å². The Morgan fingerprint density at radius 3 is 1.91 bits per heavy atom. The lowest BCUT2D eigenvalue weighted by atomic mass is 9.61. The smallest absolute Gasteiger partial charge is 0.238 e. The molecule has 0 saturated carbocycles. The normalized spacial score (nSPS) is 11.6. The zero-order valence-corrected chi connectivity index (χ0v) is 30.8. The van der Waals surface area contributed by atoms with Crippen molar-refractivity contribution in [3.8, 4) is 39.9 Å². The molecule has 10 aromatic rings. The highest BCUT2D eigenvalue weighted by atomic mass is 16.3. The predicted octanol–water partition coefficient (Wildman–Crippen LogP) is 5.61. The second kappa shape index (κ2) is 13.5. The Kier molecular flexibility index (Phi) is 8.22. The quantitative estimate of drug-likeness (QED) is 0.210. The number of aromatic nitrogens is 4. The standard InChI is InChI=1S/C46H26B5N5O/c1-55(43-41(50)39(48)38(47)40(49)42(43)51)32-18-8-5-14-27(32)26-22-23-34-31(24-26)28-15-6-9-19-33(28)56(34)46-53-44(25-12-3-2-4-13-25)52-45(54-46)30-17-11-21-36-37(30)29-16-7-10-20-35(29)57-36/h2-24H,1H3. The topological polar surface area (TPSA) is 60.0 Å². The highest BCUT2D eigenvalue weighted by molar-refractivity contribution is 6.69. The van der Waals surface area contributed by atoms with Gasteiger partial charge in [0.25, 0.3) is 0 Å². The minimum atomic E-state index is 0.172. The fraction of sp³-hybridized carbons (Fsp3) is 0.0217. The number of rotatable bonds is 6. The fourth-order valence-electron chi connectivity index (χ4n) is 7.95. The SMILES string of the molecule is [B]c1c([B])c([B])c(N(C)c2ccccc2-c2ccc3c(c2)c2ccccc2n3-c2nc(-c3ccccc3)nc(-c3cccc4oc5ccccc5c34)n2)c([B])c1[B]. The van der Waals surface area contributed by atoms with E-state index in [0.29, 0.717) is 23.3 Å². The van der Waals surface area contributed by atoms with Crippen molar-refractivity contribution in [2.45, 2.75) is 0 Å². The number of hydrogen-bond donors (Lipinski definition) is 0. The molecule has 0 fully saturated rings. The second-order valence-corrected chi connectivity index (χ2v) is 14.0. The van der Waals surface area contributed by atoms with Crippen LogP contribution in [0.4, 0.5) is 11.4 Å². The maximum atomic E-state index is 6.51. The summed E-state index contributed by atoms with van der Waals surface area (Å²) in [5, 5.41) is 4.01. The Morgan fingerprint density at radius 1 is 0.491 bits per heavy atom. The third-order valence-electron chi connectivity index (χ3n) is 10.8. The minimum Gasteiger partial charge on any atom is -0.456 e. The lowest BCUT2D eigenvalue weighted by Gasteiger charge is -2.30. The van der Waals surface area contributed by atoms with Gasteiger partial charge in [-0.15, -0.1) is 16.4 Å². The van der Waals surface area contributed by atoms with Crippen molar-refractivity contribution in [2.75, 3.05) is 11.9 Å². The molecule has 0 bridgehead atoms. The van der Waals surface area contributed by atoms with Gasteiger partial charge in [-0.1, -0.05) is 114 Å². The van der Waals surface area contributed by atoms with Crippen LogP contribution in [-0.2, 0) is 0 Å². The van der Waals surface area contributed by atoms with E-state index in [-0.39, 0.29) is 27.3 Å². The summed E-state index contributed by atoms with van der Waals surface area (Å²) in [6.07, 6.45) is 0. The van der Waals surface area contributed by atoms with Crippen molar-refractivity contribution < 1.29 is 4.42 Å². The fourth-order valence-corrected chi connectivity index (χ4v) is 7.95. The molecule has 10 rings (SSSR count). The summed E-state index contributed by atoms with van der Waals surface area (Å²) in [6, 6.07) is 46.7. The van der Waals surface area contributed by atoms with Crippen molar-refractivity contribution in [3.05, 3.63) is 140 Å². The van der Waals surface area contributed by atoms with E-state index < -0.39 is 0 Å². The van der Waals surface area contributed by atoms with Crippen LogP contribution in [0.3, 0.4) is 0 Å². The van der Waals surface area contributed by atoms with Crippen molar-refractivity contribution in [2.24, 2.45) is 0 Å². The molecule has 256 valence electrons. The second-order valence-electron chi connectivity index (χ2n) is 14.0. The van der Waals surface area contributed by atoms with Gasteiger partial charge >= 0.3 is 0 Å². The van der Waals surface area contributed by atoms with E-state index in [2.05, 4.69) is 47.0 Å². The van der Waals surface area contributed by atoms with Crippen LogP contribution in [0.15, 0.2) is 144 Å². The molecular formula is C46H26B5N5O. The largest absolute Gasteiger partial charge is 0.456 e. The number of para-hydroxylation sites is 3. The molecule has 0 atom stereocenters. The first-order valence-electron chi connectivity index (χ1n) is 18.4. The molecule has 10 radical (unpaired) electrons. The van der Waals surface area contributed by atoms with Gasteiger partial charge in [-0.3, -0.25) is 4.57 Å². The Labute approximate surface area is 335 Å². The van der Waals surface area contributed by atoms with E-state index in [1.807, 2.05) is 109 Å². The van der Waals surface area contributed by atoms with Crippen LogP contribution < -0.4 is 32.2 Å². The summed E-state index contributed by atoms with van der Waals surface area (Å²) in [5.41, 5.74) is 9.52. The minimum absolute atomic E-state index is 0.172. The van der Waals surface area contributed by atoms with Gasteiger partial charge in [0.05, 0.1) is 11.0 Å². The molecule has 6 nitrogen and oxygen atoms in total. The van der Waals surface area contributed by atoms with Gasteiger partial charge in [0.1, 0.15) is 50.4 Å². The molecule has 0 aliphatic heterocycles. The van der Waals surface area contributed by atoms with Gasteiger partial charge in [-0.2, -0.15) is 9.97 Å². The zero-order chi connectivity index (χ0) is 38.9. The van der Waals surface area contributed by atoms with Crippen molar-refractivity contribution in [1.82, 2.24) is 19.5 Å². The number of nitrogens with zero attached hydrogens (tertiary/aromatic N) is 5. The van der Waals surface area contributed by atoms with E-state index in [9.17, 15) is 0 Å². The molecule has 0 N–H and O–H groups in total. The van der Waals surface area contributed by atoms with Crippen LogP contribution in [0.1, 0.15) is 0 Å². The molecule has 3 aromatic heterocycles. The van der Waals surface area contributed by atoms with Crippen molar-refractivity contribution in [1.29, 1.82) is 0 Å². The zero-order valence-electron chi connectivity index (χ0n) is 30.8. The first kappa shape index (κ1) is 34.7. The van der Waals surface area contributed by atoms with E-state index in [0.717, 1.165) is 71.7 Å². The van der Waals surface area contributed by atoms with Gasteiger partial charge in [0.15, 0.2) is 11.6 Å². The van der Waals surface area contributed by atoms with Crippen LogP contribution >= 0.6 is 0 Å². The lowest BCUT2D eigenvalue weighted by molar-refractivity contribution is 0.669. The van der Waals surface area contributed by atoms with Crippen LogP contribution in [-0.4, -0.2) is 65.8 Å². The van der Waals surface area contributed by atoms with Gasteiger partial charge in [0, 0.05) is 56.7 Å². The summed E-state index contributed by atoms with van der Waals surface area (Å²) in [7, 11) is 33.6. The Morgan fingerprint density at radius 2 is 1.11 bits per heavy atom. The van der Waals surface area contributed by atoms with Gasteiger partial charge in [-0.25, -0.2) is 4.98 Å². The Bertz CT molecular complexity index is 3200. The Balaban J connectivity index is 1.18. The van der Waals surface area contributed by atoms with Gasteiger partial charge < -0.3 is 9.32 Å². The average Bonchev–Trinajstić information content (AvgIpc) is 3.81. The molecular weight excluding hydrogens is 693 g/mol. The first-order valence-corrected chi connectivity index (χ1v) is 18.4. The number of fused-ring (bicyclic) bond motifs is 6. The number of furan rings is 1. The van der Waals surface area contributed by atoms with E-state index in [1.165, 1.54) is 0 Å². The Hall–Kier alpha value is -6.73. The van der Waals surface area contributed by atoms with Crippen molar-refractivity contribution in [3.63, 3.8) is 0 Å². The summed E-state index contributed by atoms with van der Waals surface area (Å²) in [6.45, 7) is 0. The monoisotopic (exact) mass is 719 g/mol. The molecule has 0 aliphatic carbocycles. The van der Waals surface area contributed by atoms with Crippen LogP contribution in [0.5, 0.6) is 0 Å². The van der Waals surface area contributed by atoms with Crippen LogP contribution in [0.2, 0.25) is 0 Å². The molecule has 0 aliphatic rings. The molecule has 11 heteroatoms. The highest BCUT2D eigenvalue weighted by Crippen LogP contribution is 2.40. The highest BCUT2D eigenvalue weighted by Gasteiger charge is 2.22. The maximum Gasteiger partial charge on any atom is 0.238 e. The third kappa shape index (κ3) is 5.52. The number of anilines is 2. The molecule has 0 saturated heterocycles. The van der Waals surface area contributed by atoms with E-state index in [4.69, 9.17) is 58.6 Å². The summed E-state index contributed by atoms with van der Waals surface area (Å²) in [5.74, 6) is 1.59. The maximum absolute atomic E-state index is 6.51. The molecule has 0 unspecified atom stereocenters.